The van der Waals surface area contributed by atoms with Gasteiger partial charge in [-0.25, -0.2) is 13.4 Å². The molecule has 1 saturated heterocycles. The standard InChI is InChI=1S/C18H21N3O3S2/c1-14-4-6-15(7-5-14)20-17(22)13-25-18-9-8-16(12-19-18)26(23,24)21-10-2-3-11-21/h4-9,12H,2-3,10-11,13H2,1H3,(H,20,22). The van der Waals surface area contributed by atoms with E-state index in [-0.39, 0.29) is 16.6 Å². The largest absolute Gasteiger partial charge is 0.325 e. The third-order valence-electron chi connectivity index (χ3n) is 4.10. The number of nitrogens with one attached hydrogen (secondary N) is 1. The molecule has 138 valence electrons. The Morgan fingerprint density at radius 3 is 2.46 bits per heavy atom. The smallest absolute Gasteiger partial charge is 0.244 e. The van der Waals surface area contributed by atoms with Crippen molar-refractivity contribution in [3.05, 3.63) is 48.2 Å². The van der Waals surface area contributed by atoms with E-state index < -0.39 is 10.0 Å². The predicted molar refractivity (Wildman–Crippen MR) is 103 cm³/mol. The average Bonchev–Trinajstić information content (AvgIpc) is 3.18. The van der Waals surface area contributed by atoms with E-state index in [9.17, 15) is 13.2 Å². The maximum atomic E-state index is 12.5. The van der Waals surface area contributed by atoms with Gasteiger partial charge >= 0.3 is 0 Å². The van der Waals surface area contributed by atoms with Crippen molar-refractivity contribution in [3.8, 4) is 0 Å². The Bertz CT molecular complexity index is 860. The molecule has 1 aliphatic heterocycles. The van der Waals surface area contributed by atoms with Crippen molar-refractivity contribution in [2.75, 3.05) is 24.2 Å². The summed E-state index contributed by atoms with van der Waals surface area (Å²) in [6.45, 7) is 3.12. The lowest BCUT2D eigenvalue weighted by Gasteiger charge is -2.15. The summed E-state index contributed by atoms with van der Waals surface area (Å²) >= 11 is 1.27. The highest BCUT2D eigenvalue weighted by molar-refractivity contribution is 7.99. The van der Waals surface area contributed by atoms with Crippen LogP contribution in [0.25, 0.3) is 0 Å². The summed E-state index contributed by atoms with van der Waals surface area (Å²) in [7, 11) is -3.45. The van der Waals surface area contributed by atoms with Gasteiger partial charge in [-0.1, -0.05) is 29.5 Å². The molecule has 1 fully saturated rings. The maximum absolute atomic E-state index is 12.5. The van der Waals surface area contributed by atoms with Crippen LogP contribution in [-0.4, -0.2) is 42.5 Å². The minimum atomic E-state index is -3.45. The molecule has 2 heterocycles. The van der Waals surface area contributed by atoms with Crippen molar-refractivity contribution in [3.63, 3.8) is 0 Å². The van der Waals surface area contributed by atoms with Gasteiger partial charge in [0.2, 0.25) is 15.9 Å². The van der Waals surface area contributed by atoms with Gasteiger partial charge in [-0.3, -0.25) is 4.79 Å². The highest BCUT2D eigenvalue weighted by Crippen LogP contribution is 2.22. The van der Waals surface area contributed by atoms with Gasteiger partial charge in [0.15, 0.2) is 0 Å². The Labute approximate surface area is 158 Å². The quantitative estimate of drug-likeness (QED) is 0.766. The molecule has 0 radical (unpaired) electrons. The summed E-state index contributed by atoms with van der Waals surface area (Å²) in [5.41, 5.74) is 1.88. The Morgan fingerprint density at radius 2 is 1.85 bits per heavy atom. The van der Waals surface area contributed by atoms with E-state index in [0.29, 0.717) is 18.1 Å². The second-order valence-corrected chi connectivity index (χ2v) is 9.08. The molecule has 0 bridgehead atoms. The number of hydrogen-bond donors (Lipinski definition) is 1. The zero-order valence-corrected chi connectivity index (χ0v) is 16.1. The van der Waals surface area contributed by atoms with Crippen LogP contribution in [0.5, 0.6) is 0 Å². The Kier molecular flexibility index (Phi) is 5.95. The normalized spacial score (nSPS) is 15.1. The first-order valence-corrected chi connectivity index (χ1v) is 10.8. The van der Waals surface area contributed by atoms with Gasteiger partial charge in [0, 0.05) is 25.0 Å². The summed E-state index contributed by atoms with van der Waals surface area (Å²) in [4.78, 5) is 16.4. The van der Waals surface area contributed by atoms with Crippen LogP contribution in [0.15, 0.2) is 52.5 Å². The number of aryl methyl sites for hydroxylation is 1. The number of pyridine rings is 1. The molecule has 3 rings (SSSR count). The number of aromatic nitrogens is 1. The average molecular weight is 392 g/mol. The van der Waals surface area contributed by atoms with Gasteiger partial charge in [-0.05, 0) is 44.0 Å². The molecule has 2 aromatic rings. The van der Waals surface area contributed by atoms with E-state index in [2.05, 4.69) is 10.3 Å². The fraction of sp³-hybridized carbons (Fsp3) is 0.333. The first kappa shape index (κ1) is 18.9. The molecule has 1 aromatic heterocycles. The molecule has 26 heavy (non-hydrogen) atoms. The molecule has 0 atom stereocenters. The monoisotopic (exact) mass is 391 g/mol. The molecule has 6 nitrogen and oxygen atoms in total. The van der Waals surface area contributed by atoms with Crippen molar-refractivity contribution in [2.45, 2.75) is 29.7 Å². The number of nitrogens with zero attached hydrogens (tertiary/aromatic N) is 2. The maximum Gasteiger partial charge on any atom is 0.244 e. The number of amides is 1. The topological polar surface area (TPSA) is 79.4 Å². The number of rotatable bonds is 6. The molecule has 0 aliphatic carbocycles. The lowest BCUT2D eigenvalue weighted by molar-refractivity contribution is -0.113. The predicted octanol–water partition coefficient (Wildman–Crippen LogP) is 2.91. The summed E-state index contributed by atoms with van der Waals surface area (Å²) < 4.78 is 26.4. The second kappa shape index (κ2) is 8.20. The number of hydrogen-bond acceptors (Lipinski definition) is 5. The van der Waals surface area contributed by atoms with E-state index in [4.69, 9.17) is 0 Å². The van der Waals surface area contributed by atoms with Crippen molar-refractivity contribution >= 4 is 33.4 Å². The number of benzene rings is 1. The molecular formula is C18H21N3O3S2. The minimum Gasteiger partial charge on any atom is -0.325 e. The van der Waals surface area contributed by atoms with Crippen molar-refractivity contribution in [1.29, 1.82) is 0 Å². The van der Waals surface area contributed by atoms with Gasteiger partial charge in [-0.15, -0.1) is 0 Å². The lowest BCUT2D eigenvalue weighted by Crippen LogP contribution is -2.27. The van der Waals surface area contributed by atoms with E-state index >= 15 is 0 Å². The van der Waals surface area contributed by atoms with Crippen LogP contribution < -0.4 is 5.32 Å². The number of carbonyl (C=O) groups is 1. The molecule has 1 aliphatic rings. The van der Waals surface area contributed by atoms with Crippen molar-refractivity contribution in [2.24, 2.45) is 0 Å². The molecule has 1 N–H and O–H groups in total. The van der Waals surface area contributed by atoms with Gasteiger partial charge < -0.3 is 5.32 Å². The zero-order valence-electron chi connectivity index (χ0n) is 14.5. The van der Waals surface area contributed by atoms with Crippen LogP contribution in [0.3, 0.4) is 0 Å². The third kappa shape index (κ3) is 4.63. The SMILES string of the molecule is Cc1ccc(NC(=O)CSc2ccc(S(=O)(=O)N3CCCC3)cn2)cc1. The van der Waals surface area contributed by atoms with Crippen molar-refractivity contribution < 1.29 is 13.2 Å². The Balaban J connectivity index is 1.55. The summed E-state index contributed by atoms with van der Waals surface area (Å²) in [6.07, 6.45) is 3.17. The molecule has 0 unspecified atom stereocenters. The van der Waals surface area contributed by atoms with Crippen LogP contribution in [0.2, 0.25) is 0 Å². The van der Waals surface area contributed by atoms with E-state index in [0.717, 1.165) is 24.1 Å². The molecular weight excluding hydrogens is 370 g/mol. The summed E-state index contributed by atoms with van der Waals surface area (Å²) in [6, 6.07) is 10.8. The van der Waals surface area contributed by atoms with E-state index in [1.54, 1.807) is 12.1 Å². The number of carbonyl (C=O) groups excluding carboxylic acids is 1. The number of anilines is 1. The van der Waals surface area contributed by atoms with E-state index in [1.807, 2.05) is 31.2 Å². The number of thioether (sulfide) groups is 1. The fourth-order valence-corrected chi connectivity index (χ4v) is 4.76. The molecule has 1 amide bonds. The lowest BCUT2D eigenvalue weighted by atomic mass is 10.2. The molecule has 1 aromatic carbocycles. The third-order valence-corrected chi connectivity index (χ3v) is 6.92. The van der Waals surface area contributed by atoms with Gasteiger partial charge in [0.25, 0.3) is 0 Å². The minimum absolute atomic E-state index is 0.130. The summed E-state index contributed by atoms with van der Waals surface area (Å²) in [5, 5.41) is 3.44. The molecule has 8 heteroatoms. The van der Waals surface area contributed by atoms with Gasteiger partial charge in [0.1, 0.15) is 4.90 Å². The Hall–Kier alpha value is -1.90. The second-order valence-electron chi connectivity index (χ2n) is 6.15. The van der Waals surface area contributed by atoms with Crippen LogP contribution in [0.1, 0.15) is 18.4 Å². The zero-order chi connectivity index (χ0) is 18.6. The van der Waals surface area contributed by atoms with Crippen LogP contribution in [-0.2, 0) is 14.8 Å². The van der Waals surface area contributed by atoms with Crippen molar-refractivity contribution in [1.82, 2.24) is 9.29 Å². The van der Waals surface area contributed by atoms with E-state index in [1.165, 1.54) is 22.3 Å². The van der Waals surface area contributed by atoms with Crippen LogP contribution in [0, 0.1) is 6.92 Å². The fourth-order valence-electron chi connectivity index (χ4n) is 2.66. The molecule has 0 spiro atoms. The Morgan fingerprint density at radius 1 is 1.15 bits per heavy atom. The van der Waals surface area contributed by atoms with Gasteiger partial charge in [0.05, 0.1) is 10.8 Å². The van der Waals surface area contributed by atoms with Crippen LogP contribution >= 0.6 is 11.8 Å². The molecule has 0 saturated carbocycles. The van der Waals surface area contributed by atoms with Crippen LogP contribution in [0.4, 0.5) is 5.69 Å². The highest BCUT2D eigenvalue weighted by atomic mass is 32.2. The highest BCUT2D eigenvalue weighted by Gasteiger charge is 2.27. The number of sulfonamides is 1. The first-order chi connectivity index (χ1) is 12.4. The van der Waals surface area contributed by atoms with Gasteiger partial charge in [-0.2, -0.15) is 4.31 Å². The summed E-state index contributed by atoms with van der Waals surface area (Å²) in [5.74, 6) is 0.0773. The first-order valence-electron chi connectivity index (χ1n) is 8.41.